The van der Waals surface area contributed by atoms with Gasteiger partial charge in [0, 0.05) is 25.1 Å². The molecule has 1 spiro atoms. The van der Waals surface area contributed by atoms with Gasteiger partial charge >= 0.3 is 5.97 Å². The summed E-state index contributed by atoms with van der Waals surface area (Å²) in [4.78, 5) is 27.0. The van der Waals surface area contributed by atoms with Gasteiger partial charge in [0.15, 0.2) is 0 Å². The fourth-order valence-electron chi connectivity index (χ4n) is 3.72. The van der Waals surface area contributed by atoms with Gasteiger partial charge in [-0.25, -0.2) is 0 Å². The molecule has 1 aliphatic heterocycles. The highest BCUT2D eigenvalue weighted by Gasteiger charge is 2.42. The fraction of sp³-hybridized carbons (Fsp3) is 0.444. The van der Waals surface area contributed by atoms with Crippen molar-refractivity contribution in [2.24, 2.45) is 0 Å². The number of likely N-dealkylation sites (N-methyl/N-ethyl adjacent to an activating group) is 1. The summed E-state index contributed by atoms with van der Waals surface area (Å²) in [6.45, 7) is 1.56. The van der Waals surface area contributed by atoms with Gasteiger partial charge in [-0.1, -0.05) is 30.3 Å². The summed E-state index contributed by atoms with van der Waals surface area (Å²) in [5.41, 5.74) is 2.88. The minimum atomic E-state index is -0.785. The fourth-order valence-corrected chi connectivity index (χ4v) is 3.72. The lowest BCUT2D eigenvalue weighted by Gasteiger charge is -2.38. The predicted octanol–water partition coefficient (Wildman–Crippen LogP) is 1.59. The minimum absolute atomic E-state index is 0.0299. The number of rotatable bonds is 3. The quantitative estimate of drug-likeness (QED) is 0.920. The second-order valence-corrected chi connectivity index (χ2v) is 6.63. The third-order valence-corrected chi connectivity index (χ3v) is 4.92. The Kier molecular flexibility index (Phi) is 3.98. The number of aliphatic carboxylic acids is 1. The number of piperidine rings is 1. The Morgan fingerprint density at radius 1 is 1.22 bits per heavy atom. The van der Waals surface area contributed by atoms with E-state index in [0.29, 0.717) is 0 Å². The van der Waals surface area contributed by atoms with Gasteiger partial charge in [0.1, 0.15) is 0 Å². The number of carbonyl (C=O) groups is 2. The van der Waals surface area contributed by atoms with Crippen molar-refractivity contribution in [1.29, 1.82) is 0 Å². The zero-order chi connectivity index (χ0) is 16.6. The summed E-state index contributed by atoms with van der Waals surface area (Å²) in [5, 5.41) is 8.95. The molecule has 5 heteroatoms. The maximum absolute atomic E-state index is 12.5. The molecule has 3 rings (SSSR count). The van der Waals surface area contributed by atoms with Crippen LogP contribution in [0.1, 0.15) is 24.0 Å². The van der Waals surface area contributed by atoms with E-state index in [1.807, 2.05) is 23.1 Å². The molecular weight excluding hydrogens is 292 g/mol. The van der Waals surface area contributed by atoms with Crippen LogP contribution in [0.15, 0.2) is 30.3 Å². The van der Waals surface area contributed by atoms with Crippen molar-refractivity contribution in [3.05, 3.63) is 41.5 Å². The number of fused-ring (bicyclic) bond motifs is 2. The van der Waals surface area contributed by atoms with Gasteiger partial charge in [-0.3, -0.25) is 14.5 Å². The third-order valence-electron chi connectivity index (χ3n) is 4.92. The van der Waals surface area contributed by atoms with Crippen LogP contribution in [0.2, 0.25) is 0 Å². The average Bonchev–Trinajstić information content (AvgIpc) is 2.84. The molecule has 1 aromatic carbocycles. The maximum atomic E-state index is 12.5. The molecule has 0 radical (unpaired) electrons. The van der Waals surface area contributed by atoms with E-state index < -0.39 is 5.97 Å². The topological polar surface area (TPSA) is 60.9 Å². The van der Waals surface area contributed by atoms with Crippen molar-refractivity contribution in [1.82, 2.24) is 9.80 Å². The number of carbonyl (C=O) groups excluding carboxylic acids is 1. The van der Waals surface area contributed by atoms with E-state index in [1.165, 1.54) is 5.56 Å². The van der Waals surface area contributed by atoms with E-state index in [2.05, 4.69) is 12.1 Å². The Morgan fingerprint density at radius 3 is 2.48 bits per heavy atom. The van der Waals surface area contributed by atoms with Crippen molar-refractivity contribution in [3.63, 3.8) is 0 Å². The number of hydrogen-bond acceptors (Lipinski definition) is 3. The number of allylic oxidation sites excluding steroid dienone is 1. The van der Waals surface area contributed by atoms with Crippen LogP contribution in [-0.2, 0) is 15.0 Å². The number of likely N-dealkylation sites (tertiary alicyclic amines) is 1. The molecule has 23 heavy (non-hydrogen) atoms. The number of carboxylic acids is 1. The number of nitrogens with zero attached hydrogens (tertiary/aromatic N) is 2. The Balaban J connectivity index is 1.91. The van der Waals surface area contributed by atoms with Gasteiger partial charge in [-0.05, 0) is 37.1 Å². The lowest BCUT2D eigenvalue weighted by atomic mass is 9.74. The Labute approximate surface area is 136 Å². The van der Waals surface area contributed by atoms with Crippen LogP contribution in [-0.4, -0.2) is 60.5 Å². The summed E-state index contributed by atoms with van der Waals surface area (Å²) in [7, 11) is 3.54. The van der Waals surface area contributed by atoms with Gasteiger partial charge in [0.25, 0.3) is 5.91 Å². The summed E-state index contributed by atoms with van der Waals surface area (Å²) >= 11 is 0. The van der Waals surface area contributed by atoms with Crippen LogP contribution in [0.3, 0.4) is 0 Å². The zero-order valence-electron chi connectivity index (χ0n) is 13.6. The van der Waals surface area contributed by atoms with Crippen LogP contribution in [0, 0.1) is 0 Å². The summed E-state index contributed by atoms with van der Waals surface area (Å²) in [6.07, 6.45) is 3.82. The van der Waals surface area contributed by atoms with Gasteiger partial charge < -0.3 is 10.0 Å². The molecule has 2 aliphatic rings. The molecule has 1 N–H and O–H groups in total. The van der Waals surface area contributed by atoms with Crippen LogP contribution < -0.4 is 0 Å². The number of hydrogen-bond donors (Lipinski definition) is 1. The molecule has 0 aromatic heterocycles. The molecule has 122 valence electrons. The average molecular weight is 314 g/mol. The molecule has 0 atom stereocenters. The largest absolute Gasteiger partial charge is 0.480 e. The SMILES string of the molecule is CN(C)C(=O)C1=CC2(CCN(CC(=O)O)CC2)c2ccccc21. The van der Waals surface area contributed by atoms with Gasteiger partial charge in [-0.2, -0.15) is 0 Å². The highest BCUT2D eigenvalue weighted by molar-refractivity contribution is 6.21. The molecule has 1 aliphatic carbocycles. The van der Waals surface area contributed by atoms with Crippen molar-refractivity contribution in [2.75, 3.05) is 33.7 Å². The van der Waals surface area contributed by atoms with Crippen molar-refractivity contribution < 1.29 is 14.7 Å². The lowest BCUT2D eigenvalue weighted by Crippen LogP contribution is -2.43. The first-order valence-corrected chi connectivity index (χ1v) is 7.91. The Morgan fingerprint density at radius 2 is 1.87 bits per heavy atom. The van der Waals surface area contributed by atoms with Crippen LogP contribution in [0.5, 0.6) is 0 Å². The highest BCUT2D eigenvalue weighted by Crippen LogP contribution is 2.47. The zero-order valence-corrected chi connectivity index (χ0v) is 13.6. The smallest absolute Gasteiger partial charge is 0.317 e. The molecule has 5 nitrogen and oxygen atoms in total. The summed E-state index contributed by atoms with van der Waals surface area (Å²) < 4.78 is 0. The summed E-state index contributed by atoms with van der Waals surface area (Å²) in [6, 6.07) is 8.10. The Bertz CT molecular complexity index is 671. The standard InChI is InChI=1S/C18H22N2O3/c1-19(2)17(23)14-11-18(15-6-4-3-5-13(14)15)7-9-20(10-8-18)12-16(21)22/h3-6,11H,7-10,12H2,1-2H3,(H,21,22). The van der Waals surface area contributed by atoms with Crippen molar-refractivity contribution >= 4 is 17.4 Å². The molecule has 0 bridgehead atoms. The van der Waals surface area contributed by atoms with Gasteiger partial charge in [-0.15, -0.1) is 0 Å². The molecule has 1 saturated heterocycles. The first kappa shape index (κ1) is 15.7. The van der Waals surface area contributed by atoms with Crippen LogP contribution >= 0.6 is 0 Å². The van der Waals surface area contributed by atoms with Crippen LogP contribution in [0.4, 0.5) is 0 Å². The van der Waals surface area contributed by atoms with E-state index in [0.717, 1.165) is 37.1 Å². The second kappa shape index (κ2) is 5.81. The first-order valence-electron chi connectivity index (χ1n) is 7.91. The molecule has 1 heterocycles. The van der Waals surface area contributed by atoms with Crippen molar-refractivity contribution in [3.8, 4) is 0 Å². The highest BCUT2D eigenvalue weighted by atomic mass is 16.4. The lowest BCUT2D eigenvalue weighted by molar-refractivity contribution is -0.138. The Hall–Kier alpha value is -2.14. The number of carboxylic acid groups (broad SMARTS) is 1. The normalized spacial score (nSPS) is 19.3. The minimum Gasteiger partial charge on any atom is -0.480 e. The first-order chi connectivity index (χ1) is 10.9. The van der Waals surface area contributed by atoms with E-state index in [4.69, 9.17) is 5.11 Å². The van der Waals surface area contributed by atoms with Gasteiger partial charge in [0.05, 0.1) is 6.54 Å². The van der Waals surface area contributed by atoms with Crippen LogP contribution in [0.25, 0.3) is 5.57 Å². The number of benzene rings is 1. The second-order valence-electron chi connectivity index (χ2n) is 6.63. The predicted molar refractivity (Wildman–Crippen MR) is 88.1 cm³/mol. The maximum Gasteiger partial charge on any atom is 0.317 e. The molecule has 1 fully saturated rings. The van der Waals surface area contributed by atoms with Gasteiger partial charge in [0.2, 0.25) is 0 Å². The molecular formula is C18H22N2O3. The molecule has 0 saturated carbocycles. The summed E-state index contributed by atoms with van der Waals surface area (Å²) in [5.74, 6) is -0.755. The molecule has 1 amide bonds. The third kappa shape index (κ3) is 2.77. The van der Waals surface area contributed by atoms with E-state index in [9.17, 15) is 9.59 Å². The van der Waals surface area contributed by atoms with E-state index in [-0.39, 0.29) is 17.9 Å². The molecule has 1 aromatic rings. The number of amides is 1. The van der Waals surface area contributed by atoms with E-state index >= 15 is 0 Å². The molecule has 0 unspecified atom stereocenters. The van der Waals surface area contributed by atoms with E-state index in [1.54, 1.807) is 19.0 Å². The van der Waals surface area contributed by atoms with Crippen molar-refractivity contribution in [2.45, 2.75) is 18.3 Å². The monoisotopic (exact) mass is 314 g/mol.